The molecule has 0 saturated heterocycles. The third-order valence-corrected chi connectivity index (χ3v) is 3.25. The lowest BCUT2D eigenvalue weighted by Crippen LogP contribution is -2.31. The smallest absolute Gasteiger partial charge is 0.0406 e. The third kappa shape index (κ3) is 6.23. The Labute approximate surface area is 116 Å². The molecule has 0 bridgehead atoms. The molecule has 0 aromatic heterocycles. The van der Waals surface area contributed by atoms with Crippen molar-refractivity contribution < 1.29 is 0 Å². The summed E-state index contributed by atoms with van der Waals surface area (Å²) in [5.41, 5.74) is 2.60. The molecule has 2 heteroatoms. The highest BCUT2D eigenvalue weighted by Crippen LogP contribution is 2.14. The van der Waals surface area contributed by atoms with Crippen LogP contribution in [-0.2, 0) is 6.42 Å². The first kappa shape index (κ1) is 15.3. The molecule has 1 rings (SSSR count). The lowest BCUT2D eigenvalue weighted by molar-refractivity contribution is 0.477. The first-order valence-electron chi connectivity index (χ1n) is 6.74. The van der Waals surface area contributed by atoms with Gasteiger partial charge in [0.05, 0.1) is 0 Å². The van der Waals surface area contributed by atoms with E-state index in [4.69, 9.17) is 11.6 Å². The molecular formula is C16H24ClN. The highest BCUT2D eigenvalue weighted by Gasteiger charge is 2.08. The predicted molar refractivity (Wildman–Crippen MR) is 81.3 cm³/mol. The van der Waals surface area contributed by atoms with Gasteiger partial charge in [0.2, 0.25) is 0 Å². The second-order valence-corrected chi connectivity index (χ2v) is 5.41. The molecular weight excluding hydrogens is 242 g/mol. The Hall–Kier alpha value is -0.790. The summed E-state index contributed by atoms with van der Waals surface area (Å²) in [6, 6.07) is 8.69. The Morgan fingerprint density at radius 1 is 1.33 bits per heavy atom. The van der Waals surface area contributed by atoms with Crippen LogP contribution in [0.2, 0.25) is 5.02 Å². The molecule has 18 heavy (non-hydrogen) atoms. The summed E-state index contributed by atoms with van der Waals surface area (Å²) in [4.78, 5) is 0. The number of benzene rings is 1. The van der Waals surface area contributed by atoms with Gasteiger partial charge < -0.3 is 5.32 Å². The van der Waals surface area contributed by atoms with Crippen molar-refractivity contribution >= 4 is 11.6 Å². The van der Waals surface area contributed by atoms with Gasteiger partial charge >= 0.3 is 0 Å². The predicted octanol–water partition coefficient (Wildman–Crippen LogP) is 4.61. The molecule has 0 aliphatic heterocycles. The molecule has 1 aromatic rings. The largest absolute Gasteiger partial charge is 0.314 e. The summed E-state index contributed by atoms with van der Waals surface area (Å²) in [7, 11) is 0. The average Bonchev–Trinajstić information content (AvgIpc) is 2.35. The van der Waals surface area contributed by atoms with Crippen molar-refractivity contribution in [3.63, 3.8) is 0 Å². The van der Waals surface area contributed by atoms with E-state index in [9.17, 15) is 0 Å². The van der Waals surface area contributed by atoms with Crippen LogP contribution in [0.3, 0.4) is 0 Å². The van der Waals surface area contributed by atoms with Gasteiger partial charge in [-0.2, -0.15) is 0 Å². The lowest BCUT2D eigenvalue weighted by Gasteiger charge is -2.18. The van der Waals surface area contributed by atoms with Crippen molar-refractivity contribution in [1.82, 2.24) is 5.32 Å². The molecule has 0 saturated carbocycles. The molecule has 0 spiro atoms. The van der Waals surface area contributed by atoms with Crippen LogP contribution in [0, 0.1) is 0 Å². The fourth-order valence-electron chi connectivity index (χ4n) is 1.95. The standard InChI is InChI=1S/C16H24ClN/c1-4-11-18-16(10-5-13(2)3)12-14-6-8-15(17)9-7-14/h6-9,16,18H,2,4-5,10-12H2,1,3H3. The monoisotopic (exact) mass is 265 g/mol. The number of nitrogens with one attached hydrogen (secondary N) is 1. The van der Waals surface area contributed by atoms with E-state index >= 15 is 0 Å². The SMILES string of the molecule is C=C(C)CCC(Cc1ccc(Cl)cc1)NCCC. The molecule has 1 atom stereocenters. The van der Waals surface area contributed by atoms with Crippen LogP contribution in [0.15, 0.2) is 36.4 Å². The summed E-state index contributed by atoms with van der Waals surface area (Å²) >= 11 is 5.91. The minimum atomic E-state index is 0.530. The van der Waals surface area contributed by atoms with Gasteiger partial charge in [0.15, 0.2) is 0 Å². The van der Waals surface area contributed by atoms with Crippen molar-refractivity contribution in [1.29, 1.82) is 0 Å². The highest BCUT2D eigenvalue weighted by molar-refractivity contribution is 6.30. The minimum absolute atomic E-state index is 0.530. The molecule has 1 aromatic carbocycles. The second kappa shape index (κ2) is 8.34. The quantitative estimate of drug-likeness (QED) is 0.677. The van der Waals surface area contributed by atoms with E-state index < -0.39 is 0 Å². The molecule has 0 radical (unpaired) electrons. The molecule has 1 nitrogen and oxygen atoms in total. The molecule has 0 aliphatic rings. The average molecular weight is 266 g/mol. The van der Waals surface area contributed by atoms with Gasteiger partial charge in [-0.1, -0.05) is 36.2 Å². The van der Waals surface area contributed by atoms with Crippen LogP contribution in [0.4, 0.5) is 0 Å². The molecule has 0 heterocycles. The van der Waals surface area contributed by atoms with E-state index in [-0.39, 0.29) is 0 Å². The van der Waals surface area contributed by atoms with Gasteiger partial charge in [0.25, 0.3) is 0 Å². The summed E-state index contributed by atoms with van der Waals surface area (Å²) in [5, 5.41) is 4.42. The van der Waals surface area contributed by atoms with Gasteiger partial charge in [-0.05, 0) is 56.8 Å². The van der Waals surface area contributed by atoms with Gasteiger partial charge in [-0.25, -0.2) is 0 Å². The van der Waals surface area contributed by atoms with E-state index in [2.05, 4.69) is 37.9 Å². The Morgan fingerprint density at radius 2 is 2.00 bits per heavy atom. The van der Waals surface area contributed by atoms with Crippen molar-refractivity contribution in [3.05, 3.63) is 47.0 Å². The number of hydrogen-bond acceptors (Lipinski definition) is 1. The number of halogens is 1. The fourth-order valence-corrected chi connectivity index (χ4v) is 2.08. The van der Waals surface area contributed by atoms with Crippen LogP contribution < -0.4 is 5.32 Å². The fraction of sp³-hybridized carbons (Fsp3) is 0.500. The Balaban J connectivity index is 2.53. The number of rotatable bonds is 8. The molecule has 100 valence electrons. The van der Waals surface area contributed by atoms with E-state index in [0.29, 0.717) is 6.04 Å². The van der Waals surface area contributed by atoms with Crippen molar-refractivity contribution in [2.24, 2.45) is 0 Å². The normalized spacial score (nSPS) is 12.4. The van der Waals surface area contributed by atoms with E-state index in [0.717, 1.165) is 30.8 Å². The first-order chi connectivity index (χ1) is 8.61. The third-order valence-electron chi connectivity index (χ3n) is 3.00. The van der Waals surface area contributed by atoms with Crippen LogP contribution in [0.25, 0.3) is 0 Å². The second-order valence-electron chi connectivity index (χ2n) is 4.98. The van der Waals surface area contributed by atoms with Gasteiger partial charge in [0.1, 0.15) is 0 Å². The minimum Gasteiger partial charge on any atom is -0.314 e. The van der Waals surface area contributed by atoms with E-state index in [1.165, 1.54) is 17.6 Å². The highest BCUT2D eigenvalue weighted by atomic mass is 35.5. The van der Waals surface area contributed by atoms with Crippen LogP contribution >= 0.6 is 11.6 Å². The maximum Gasteiger partial charge on any atom is 0.0406 e. The maximum atomic E-state index is 5.91. The molecule has 0 amide bonds. The number of hydrogen-bond donors (Lipinski definition) is 1. The molecule has 0 aliphatic carbocycles. The van der Waals surface area contributed by atoms with Gasteiger partial charge in [0, 0.05) is 11.1 Å². The van der Waals surface area contributed by atoms with Crippen molar-refractivity contribution in [2.45, 2.75) is 45.6 Å². The van der Waals surface area contributed by atoms with Crippen LogP contribution in [0.1, 0.15) is 38.7 Å². The maximum absolute atomic E-state index is 5.91. The number of allylic oxidation sites excluding steroid dienone is 1. The van der Waals surface area contributed by atoms with Crippen LogP contribution in [-0.4, -0.2) is 12.6 Å². The Bertz CT molecular complexity index is 356. The first-order valence-corrected chi connectivity index (χ1v) is 7.11. The van der Waals surface area contributed by atoms with E-state index in [1.54, 1.807) is 0 Å². The molecule has 1 N–H and O–H groups in total. The zero-order chi connectivity index (χ0) is 13.4. The van der Waals surface area contributed by atoms with Crippen LogP contribution in [0.5, 0.6) is 0 Å². The van der Waals surface area contributed by atoms with Gasteiger partial charge in [-0.3, -0.25) is 0 Å². The van der Waals surface area contributed by atoms with E-state index in [1.807, 2.05) is 12.1 Å². The molecule has 1 unspecified atom stereocenters. The Kier molecular flexibility index (Phi) is 7.07. The Morgan fingerprint density at radius 3 is 2.56 bits per heavy atom. The van der Waals surface area contributed by atoms with Gasteiger partial charge in [-0.15, -0.1) is 6.58 Å². The van der Waals surface area contributed by atoms with Crippen molar-refractivity contribution in [2.75, 3.05) is 6.54 Å². The summed E-state index contributed by atoms with van der Waals surface area (Å²) in [5.74, 6) is 0. The molecule has 0 fully saturated rings. The zero-order valence-corrected chi connectivity index (χ0v) is 12.3. The zero-order valence-electron chi connectivity index (χ0n) is 11.5. The summed E-state index contributed by atoms with van der Waals surface area (Å²) < 4.78 is 0. The van der Waals surface area contributed by atoms with Crippen molar-refractivity contribution in [3.8, 4) is 0 Å². The summed E-state index contributed by atoms with van der Waals surface area (Å²) in [6.07, 6.45) is 4.47. The summed E-state index contributed by atoms with van der Waals surface area (Å²) in [6.45, 7) is 9.35. The topological polar surface area (TPSA) is 12.0 Å². The lowest BCUT2D eigenvalue weighted by atomic mass is 10.00.